The van der Waals surface area contributed by atoms with Crippen LogP contribution in [0, 0.1) is 18.3 Å². The van der Waals surface area contributed by atoms with E-state index in [4.69, 9.17) is 0 Å². The molecule has 0 spiro atoms. The maximum absolute atomic E-state index is 13.4. The molecule has 160 valence electrons. The van der Waals surface area contributed by atoms with E-state index in [9.17, 15) is 9.59 Å². The predicted molar refractivity (Wildman–Crippen MR) is 122 cm³/mol. The SMILES string of the molecule is Cc1cccc(-c2ccccc2CC2(C(=O)NC(C)C)CCN(C(=O)C(C)C)C2)c1. The molecule has 1 fully saturated rings. The van der Waals surface area contributed by atoms with Gasteiger partial charge >= 0.3 is 0 Å². The normalized spacial score (nSPS) is 18.8. The molecule has 4 nitrogen and oxygen atoms in total. The van der Waals surface area contributed by atoms with E-state index in [1.165, 1.54) is 5.56 Å². The minimum absolute atomic E-state index is 0.0515. The van der Waals surface area contributed by atoms with Gasteiger partial charge in [0.2, 0.25) is 11.8 Å². The Morgan fingerprint density at radius 2 is 1.80 bits per heavy atom. The van der Waals surface area contributed by atoms with Gasteiger partial charge in [0.05, 0.1) is 5.41 Å². The van der Waals surface area contributed by atoms with Crippen molar-refractivity contribution in [2.45, 2.75) is 53.5 Å². The second-order valence-corrected chi connectivity index (χ2v) is 9.28. The number of nitrogens with zero attached hydrogens (tertiary/aromatic N) is 1. The smallest absolute Gasteiger partial charge is 0.228 e. The Bertz CT molecular complexity index is 919. The molecule has 30 heavy (non-hydrogen) atoms. The summed E-state index contributed by atoms with van der Waals surface area (Å²) < 4.78 is 0. The summed E-state index contributed by atoms with van der Waals surface area (Å²) in [6.07, 6.45) is 1.31. The molecule has 1 unspecified atom stereocenters. The van der Waals surface area contributed by atoms with Crippen LogP contribution in [0.15, 0.2) is 48.5 Å². The summed E-state index contributed by atoms with van der Waals surface area (Å²) in [5.74, 6) is 0.116. The van der Waals surface area contributed by atoms with E-state index < -0.39 is 5.41 Å². The highest BCUT2D eigenvalue weighted by molar-refractivity contribution is 5.86. The van der Waals surface area contributed by atoms with Gasteiger partial charge in [-0.2, -0.15) is 0 Å². The van der Waals surface area contributed by atoms with Crippen LogP contribution >= 0.6 is 0 Å². The van der Waals surface area contributed by atoms with Crippen molar-refractivity contribution >= 4 is 11.8 Å². The molecule has 2 aromatic carbocycles. The quantitative estimate of drug-likeness (QED) is 0.762. The second-order valence-electron chi connectivity index (χ2n) is 9.28. The van der Waals surface area contributed by atoms with Crippen LogP contribution in [0.25, 0.3) is 11.1 Å². The lowest BCUT2D eigenvalue weighted by atomic mass is 9.78. The Balaban J connectivity index is 1.97. The average molecular weight is 407 g/mol. The van der Waals surface area contributed by atoms with Crippen molar-refractivity contribution in [2.75, 3.05) is 13.1 Å². The third-order valence-electron chi connectivity index (χ3n) is 5.94. The second kappa shape index (κ2) is 9.03. The van der Waals surface area contributed by atoms with Crippen LogP contribution in [0.3, 0.4) is 0 Å². The van der Waals surface area contributed by atoms with Crippen molar-refractivity contribution in [1.82, 2.24) is 10.2 Å². The minimum atomic E-state index is -0.602. The molecule has 1 N–H and O–H groups in total. The Labute approximate surface area is 180 Å². The van der Waals surface area contributed by atoms with E-state index in [1.807, 2.05) is 44.7 Å². The van der Waals surface area contributed by atoms with Crippen LogP contribution in [0.5, 0.6) is 0 Å². The molecule has 1 atom stereocenters. The fraction of sp³-hybridized carbons (Fsp3) is 0.462. The lowest BCUT2D eigenvalue weighted by molar-refractivity contribution is -0.135. The number of benzene rings is 2. The van der Waals surface area contributed by atoms with Crippen molar-refractivity contribution in [3.63, 3.8) is 0 Å². The number of aryl methyl sites for hydroxylation is 1. The first-order valence-electron chi connectivity index (χ1n) is 11.0. The lowest BCUT2D eigenvalue weighted by Gasteiger charge is -2.30. The fourth-order valence-corrected chi connectivity index (χ4v) is 4.38. The summed E-state index contributed by atoms with van der Waals surface area (Å²) in [6.45, 7) is 11.0. The molecule has 0 aliphatic carbocycles. The largest absolute Gasteiger partial charge is 0.353 e. The molecule has 0 aromatic heterocycles. The monoisotopic (exact) mass is 406 g/mol. The Kier molecular flexibility index (Phi) is 6.64. The zero-order valence-electron chi connectivity index (χ0n) is 18.9. The van der Waals surface area contributed by atoms with Gasteiger partial charge in [-0.3, -0.25) is 9.59 Å². The van der Waals surface area contributed by atoms with Gasteiger partial charge in [0, 0.05) is 25.0 Å². The summed E-state index contributed by atoms with van der Waals surface area (Å²) >= 11 is 0. The molecule has 3 rings (SSSR count). The summed E-state index contributed by atoms with van der Waals surface area (Å²) in [7, 11) is 0. The van der Waals surface area contributed by atoms with Gasteiger partial charge in [-0.05, 0) is 50.3 Å². The third kappa shape index (κ3) is 4.75. The van der Waals surface area contributed by atoms with E-state index in [1.54, 1.807) is 0 Å². The molecule has 1 aliphatic heterocycles. The molecular weight excluding hydrogens is 372 g/mol. The first kappa shape index (κ1) is 22.1. The number of hydrogen-bond acceptors (Lipinski definition) is 2. The van der Waals surface area contributed by atoms with Crippen molar-refractivity contribution in [3.05, 3.63) is 59.7 Å². The van der Waals surface area contributed by atoms with Gasteiger partial charge in [-0.15, -0.1) is 0 Å². The van der Waals surface area contributed by atoms with Crippen LogP contribution in [-0.2, 0) is 16.0 Å². The maximum Gasteiger partial charge on any atom is 0.228 e. The van der Waals surface area contributed by atoms with Crippen molar-refractivity contribution in [2.24, 2.45) is 11.3 Å². The molecule has 4 heteroatoms. The molecule has 1 saturated heterocycles. The highest BCUT2D eigenvalue weighted by Gasteiger charge is 2.46. The van der Waals surface area contributed by atoms with Crippen molar-refractivity contribution in [1.29, 1.82) is 0 Å². The van der Waals surface area contributed by atoms with E-state index in [2.05, 4.69) is 48.6 Å². The molecule has 0 bridgehead atoms. The first-order valence-corrected chi connectivity index (χ1v) is 11.0. The summed E-state index contributed by atoms with van der Waals surface area (Å²) in [5.41, 5.74) is 4.09. The van der Waals surface area contributed by atoms with E-state index in [-0.39, 0.29) is 23.8 Å². The van der Waals surface area contributed by atoms with Crippen molar-refractivity contribution in [3.8, 4) is 11.1 Å². The zero-order chi connectivity index (χ0) is 21.9. The van der Waals surface area contributed by atoms with E-state index in [0.717, 1.165) is 16.7 Å². The third-order valence-corrected chi connectivity index (χ3v) is 5.94. The predicted octanol–water partition coefficient (Wildman–Crippen LogP) is 4.60. The molecule has 2 amide bonds. The highest BCUT2D eigenvalue weighted by atomic mass is 16.2. The Hall–Kier alpha value is -2.62. The maximum atomic E-state index is 13.4. The number of carbonyl (C=O) groups is 2. The molecule has 0 saturated carbocycles. The minimum Gasteiger partial charge on any atom is -0.353 e. The van der Waals surface area contributed by atoms with Gasteiger partial charge < -0.3 is 10.2 Å². The molecule has 2 aromatic rings. The standard InChI is InChI=1S/C26H34N2O2/c1-18(2)24(29)28-14-13-26(17-28,25(30)27-19(3)4)16-22-10-6-7-12-23(22)21-11-8-9-20(5)15-21/h6-12,15,18-19H,13-14,16-17H2,1-5H3,(H,27,30). The number of amides is 2. The van der Waals surface area contributed by atoms with Crippen LogP contribution in [0.1, 0.15) is 45.2 Å². The van der Waals surface area contributed by atoms with Gasteiger partial charge in [0.25, 0.3) is 0 Å². The number of likely N-dealkylation sites (tertiary alicyclic amines) is 1. The van der Waals surface area contributed by atoms with Crippen LogP contribution in [0.2, 0.25) is 0 Å². The molecule has 1 heterocycles. The van der Waals surface area contributed by atoms with E-state index in [0.29, 0.717) is 25.9 Å². The van der Waals surface area contributed by atoms with E-state index >= 15 is 0 Å². The van der Waals surface area contributed by atoms with Gasteiger partial charge in [0.15, 0.2) is 0 Å². The number of nitrogens with one attached hydrogen (secondary N) is 1. The fourth-order valence-electron chi connectivity index (χ4n) is 4.38. The van der Waals surface area contributed by atoms with Crippen molar-refractivity contribution < 1.29 is 9.59 Å². The lowest BCUT2D eigenvalue weighted by Crippen LogP contribution is -2.47. The first-order chi connectivity index (χ1) is 14.2. The molecule has 1 aliphatic rings. The summed E-state index contributed by atoms with van der Waals surface area (Å²) in [5, 5.41) is 3.13. The van der Waals surface area contributed by atoms with Gasteiger partial charge in [0.1, 0.15) is 0 Å². The number of carbonyl (C=O) groups excluding carboxylic acids is 2. The zero-order valence-corrected chi connectivity index (χ0v) is 18.9. The summed E-state index contributed by atoms with van der Waals surface area (Å²) in [6, 6.07) is 16.9. The van der Waals surface area contributed by atoms with Gasteiger partial charge in [-0.1, -0.05) is 67.9 Å². The van der Waals surface area contributed by atoms with Crippen LogP contribution in [0.4, 0.5) is 0 Å². The van der Waals surface area contributed by atoms with Crippen LogP contribution < -0.4 is 5.32 Å². The highest BCUT2D eigenvalue weighted by Crippen LogP contribution is 2.38. The topological polar surface area (TPSA) is 49.4 Å². The van der Waals surface area contributed by atoms with Gasteiger partial charge in [-0.25, -0.2) is 0 Å². The Morgan fingerprint density at radius 3 is 2.47 bits per heavy atom. The summed E-state index contributed by atoms with van der Waals surface area (Å²) in [4.78, 5) is 27.9. The average Bonchev–Trinajstić information content (AvgIpc) is 3.12. The molecular formula is C26H34N2O2. The number of rotatable bonds is 6. The Morgan fingerprint density at radius 1 is 1.07 bits per heavy atom. The van der Waals surface area contributed by atoms with Crippen LogP contribution in [-0.4, -0.2) is 35.8 Å². The molecule has 0 radical (unpaired) electrons. The number of hydrogen-bond donors (Lipinski definition) is 1.